The lowest BCUT2D eigenvalue weighted by atomic mass is 9.95. The number of hydrogen-bond acceptors (Lipinski definition) is 3. The SMILES string of the molecule is COC(=O)NCCc1c[nH]c2ccc(-c3c(O)ccc4ccccc34)cc12. The summed E-state index contributed by atoms with van der Waals surface area (Å²) in [5.41, 5.74) is 3.91. The number of phenolic OH excluding ortho intramolecular Hbond substituents is 1. The molecule has 0 fully saturated rings. The van der Waals surface area contributed by atoms with Gasteiger partial charge in [-0.15, -0.1) is 0 Å². The number of nitrogens with one attached hydrogen (secondary N) is 2. The van der Waals surface area contributed by atoms with Crippen molar-refractivity contribution in [1.29, 1.82) is 0 Å². The van der Waals surface area contributed by atoms with Crippen LogP contribution in [0.2, 0.25) is 0 Å². The normalized spacial score (nSPS) is 11.0. The lowest BCUT2D eigenvalue weighted by Gasteiger charge is -2.10. The number of phenols is 1. The molecule has 1 aromatic heterocycles. The van der Waals surface area contributed by atoms with Crippen molar-refractivity contribution in [2.45, 2.75) is 6.42 Å². The number of amides is 1. The maximum Gasteiger partial charge on any atom is 0.406 e. The molecular weight excluding hydrogens is 340 g/mol. The van der Waals surface area contributed by atoms with E-state index < -0.39 is 6.09 Å². The van der Waals surface area contributed by atoms with Crippen molar-refractivity contribution in [3.05, 3.63) is 66.4 Å². The van der Waals surface area contributed by atoms with E-state index in [0.717, 1.165) is 38.4 Å². The van der Waals surface area contributed by atoms with Gasteiger partial charge in [0.25, 0.3) is 0 Å². The molecule has 0 unspecified atom stereocenters. The first-order valence-electron chi connectivity index (χ1n) is 8.80. The zero-order valence-corrected chi connectivity index (χ0v) is 15.0. The molecule has 0 bridgehead atoms. The Balaban J connectivity index is 1.75. The number of fused-ring (bicyclic) bond motifs is 2. The van der Waals surface area contributed by atoms with Crippen molar-refractivity contribution in [2.24, 2.45) is 0 Å². The predicted octanol–water partition coefficient (Wildman–Crippen LogP) is 4.59. The number of alkyl carbamates (subject to hydrolysis) is 1. The molecule has 0 aliphatic carbocycles. The van der Waals surface area contributed by atoms with Crippen LogP contribution >= 0.6 is 0 Å². The Kier molecular flexibility index (Phi) is 4.42. The van der Waals surface area contributed by atoms with Crippen LogP contribution in [0.4, 0.5) is 4.79 Å². The first-order valence-corrected chi connectivity index (χ1v) is 8.80. The third-order valence-corrected chi connectivity index (χ3v) is 4.81. The fraction of sp³-hybridized carbons (Fsp3) is 0.136. The third kappa shape index (κ3) is 3.19. The van der Waals surface area contributed by atoms with E-state index in [1.807, 2.05) is 48.7 Å². The van der Waals surface area contributed by atoms with Crippen LogP contribution in [0.1, 0.15) is 5.56 Å². The fourth-order valence-electron chi connectivity index (χ4n) is 3.48. The average Bonchev–Trinajstić information content (AvgIpc) is 3.10. The molecule has 5 heteroatoms. The molecular formula is C22H20N2O3. The highest BCUT2D eigenvalue weighted by Crippen LogP contribution is 2.37. The van der Waals surface area contributed by atoms with Gasteiger partial charge in [-0.1, -0.05) is 36.4 Å². The van der Waals surface area contributed by atoms with Crippen molar-refractivity contribution in [2.75, 3.05) is 13.7 Å². The summed E-state index contributed by atoms with van der Waals surface area (Å²) < 4.78 is 4.60. The van der Waals surface area contributed by atoms with Gasteiger partial charge in [-0.2, -0.15) is 0 Å². The molecule has 27 heavy (non-hydrogen) atoms. The number of carbonyl (C=O) groups excluding carboxylic acids is 1. The van der Waals surface area contributed by atoms with Crippen LogP contribution < -0.4 is 5.32 Å². The zero-order valence-electron chi connectivity index (χ0n) is 15.0. The van der Waals surface area contributed by atoms with Crippen molar-refractivity contribution >= 4 is 27.8 Å². The standard InChI is InChI=1S/C22H20N2O3/c1-27-22(26)23-11-10-16-13-24-19-8-6-15(12-18(16)19)21-17-5-3-2-4-14(17)7-9-20(21)25/h2-9,12-13,24-25H,10-11H2,1H3,(H,23,26). The number of methoxy groups -OCH3 is 1. The minimum absolute atomic E-state index is 0.262. The average molecular weight is 360 g/mol. The molecule has 0 saturated heterocycles. The van der Waals surface area contributed by atoms with Crippen LogP contribution in [0.5, 0.6) is 5.75 Å². The predicted molar refractivity (Wildman–Crippen MR) is 107 cm³/mol. The molecule has 0 atom stereocenters. The van der Waals surface area contributed by atoms with Crippen molar-refractivity contribution < 1.29 is 14.6 Å². The third-order valence-electron chi connectivity index (χ3n) is 4.81. The van der Waals surface area contributed by atoms with Gasteiger partial charge in [0.15, 0.2) is 0 Å². The Morgan fingerprint density at radius 3 is 2.81 bits per heavy atom. The second kappa shape index (κ2) is 7.03. The lowest BCUT2D eigenvalue weighted by molar-refractivity contribution is 0.171. The Morgan fingerprint density at radius 1 is 1.11 bits per heavy atom. The van der Waals surface area contributed by atoms with Crippen LogP contribution in [0.25, 0.3) is 32.8 Å². The molecule has 136 valence electrons. The van der Waals surface area contributed by atoms with Gasteiger partial charge in [0.1, 0.15) is 5.75 Å². The number of aromatic amines is 1. The Labute approximate surface area is 156 Å². The van der Waals surface area contributed by atoms with Gasteiger partial charge in [-0.05, 0) is 46.5 Å². The van der Waals surface area contributed by atoms with Crippen LogP contribution in [-0.2, 0) is 11.2 Å². The number of aromatic nitrogens is 1. The summed E-state index contributed by atoms with van der Waals surface area (Å²) in [6, 6.07) is 17.8. The summed E-state index contributed by atoms with van der Waals surface area (Å²) in [6.45, 7) is 0.489. The minimum atomic E-state index is -0.434. The van der Waals surface area contributed by atoms with Gasteiger partial charge >= 0.3 is 6.09 Å². The van der Waals surface area contributed by atoms with E-state index in [1.165, 1.54) is 7.11 Å². The van der Waals surface area contributed by atoms with Crippen LogP contribution in [0.3, 0.4) is 0 Å². The summed E-state index contributed by atoms with van der Waals surface area (Å²) in [7, 11) is 1.35. The van der Waals surface area contributed by atoms with E-state index in [-0.39, 0.29) is 5.75 Å². The van der Waals surface area contributed by atoms with Gasteiger partial charge < -0.3 is 20.1 Å². The van der Waals surface area contributed by atoms with Gasteiger partial charge in [0.2, 0.25) is 0 Å². The van der Waals surface area contributed by atoms with Crippen LogP contribution in [-0.4, -0.2) is 29.8 Å². The lowest BCUT2D eigenvalue weighted by Crippen LogP contribution is -2.25. The topological polar surface area (TPSA) is 74.3 Å². The zero-order chi connectivity index (χ0) is 18.8. The molecule has 0 radical (unpaired) electrons. The van der Waals surface area contributed by atoms with E-state index in [9.17, 15) is 9.90 Å². The van der Waals surface area contributed by atoms with E-state index in [0.29, 0.717) is 13.0 Å². The van der Waals surface area contributed by atoms with E-state index in [4.69, 9.17) is 0 Å². The molecule has 3 aromatic carbocycles. The number of ether oxygens (including phenoxy) is 1. The van der Waals surface area contributed by atoms with E-state index in [2.05, 4.69) is 21.1 Å². The molecule has 0 spiro atoms. The maximum atomic E-state index is 11.2. The highest BCUT2D eigenvalue weighted by Gasteiger charge is 2.12. The van der Waals surface area contributed by atoms with Crippen molar-refractivity contribution in [3.63, 3.8) is 0 Å². The summed E-state index contributed by atoms with van der Waals surface area (Å²) in [4.78, 5) is 14.5. The molecule has 0 aliphatic heterocycles. The molecule has 0 aliphatic rings. The van der Waals surface area contributed by atoms with E-state index in [1.54, 1.807) is 6.07 Å². The second-order valence-electron chi connectivity index (χ2n) is 6.42. The second-order valence-corrected chi connectivity index (χ2v) is 6.42. The van der Waals surface area contributed by atoms with E-state index >= 15 is 0 Å². The summed E-state index contributed by atoms with van der Waals surface area (Å²) in [5.74, 6) is 0.262. The molecule has 0 saturated carbocycles. The number of carbonyl (C=O) groups is 1. The number of rotatable bonds is 4. The molecule has 3 N–H and O–H groups in total. The summed E-state index contributed by atoms with van der Waals surface area (Å²) in [6.07, 6.45) is 2.20. The fourth-order valence-corrected chi connectivity index (χ4v) is 3.48. The smallest absolute Gasteiger partial charge is 0.406 e. The van der Waals surface area contributed by atoms with Gasteiger partial charge in [-0.3, -0.25) is 0 Å². The first-order chi connectivity index (χ1) is 13.2. The van der Waals surface area contributed by atoms with Crippen molar-refractivity contribution in [3.8, 4) is 16.9 Å². The van der Waals surface area contributed by atoms with Gasteiger partial charge in [-0.25, -0.2) is 4.79 Å². The monoisotopic (exact) mass is 360 g/mol. The largest absolute Gasteiger partial charge is 0.507 e. The number of hydrogen-bond donors (Lipinski definition) is 3. The Bertz CT molecular complexity index is 1130. The van der Waals surface area contributed by atoms with Crippen molar-refractivity contribution in [1.82, 2.24) is 10.3 Å². The highest BCUT2D eigenvalue weighted by atomic mass is 16.5. The molecule has 5 nitrogen and oxygen atoms in total. The number of benzene rings is 3. The number of H-pyrrole nitrogens is 1. The van der Waals surface area contributed by atoms with Gasteiger partial charge in [0.05, 0.1) is 7.11 Å². The Morgan fingerprint density at radius 2 is 1.96 bits per heavy atom. The quantitative estimate of drug-likeness (QED) is 0.498. The molecule has 4 aromatic rings. The van der Waals surface area contributed by atoms with Crippen LogP contribution in [0.15, 0.2) is 60.8 Å². The van der Waals surface area contributed by atoms with Crippen LogP contribution in [0, 0.1) is 0 Å². The molecule has 4 rings (SSSR count). The maximum absolute atomic E-state index is 11.2. The molecule has 1 amide bonds. The molecule has 1 heterocycles. The highest BCUT2D eigenvalue weighted by molar-refractivity contribution is 6.01. The number of aromatic hydroxyl groups is 1. The summed E-state index contributed by atoms with van der Waals surface area (Å²) in [5, 5.41) is 16.4. The van der Waals surface area contributed by atoms with Gasteiger partial charge in [0, 0.05) is 29.2 Å². The first kappa shape index (κ1) is 17.0. The Hall–Kier alpha value is -3.47. The minimum Gasteiger partial charge on any atom is -0.507 e. The summed E-state index contributed by atoms with van der Waals surface area (Å²) >= 11 is 0.